The third-order valence-corrected chi connectivity index (χ3v) is 4.65. The number of nitrogens with zero attached hydrogens (tertiary/aromatic N) is 2. The van der Waals surface area contributed by atoms with E-state index < -0.39 is 0 Å². The monoisotopic (exact) mass is 294 g/mol. The van der Waals surface area contributed by atoms with Gasteiger partial charge < -0.3 is 0 Å². The highest BCUT2D eigenvalue weighted by atomic mass is 15.3. The second kappa shape index (κ2) is 7.08. The molecule has 0 N–H and O–H groups in total. The Labute approximate surface area is 134 Å². The van der Waals surface area contributed by atoms with Crippen molar-refractivity contribution in [1.29, 1.82) is 0 Å². The van der Waals surface area contributed by atoms with Crippen molar-refractivity contribution in [3.63, 3.8) is 0 Å². The Balaban J connectivity index is 1.50. The number of hydrogen-bond donors (Lipinski definition) is 0. The first kappa shape index (κ1) is 15.3. The molecule has 0 saturated carbocycles. The fourth-order valence-corrected chi connectivity index (χ4v) is 3.09. The van der Waals surface area contributed by atoms with E-state index in [9.17, 15) is 0 Å². The quantitative estimate of drug-likeness (QED) is 0.850. The zero-order valence-corrected chi connectivity index (χ0v) is 13.8. The molecule has 1 aliphatic heterocycles. The van der Waals surface area contributed by atoms with Gasteiger partial charge in [-0.2, -0.15) is 0 Å². The second-order valence-electron chi connectivity index (χ2n) is 6.46. The minimum Gasteiger partial charge on any atom is -0.297 e. The van der Waals surface area contributed by atoms with Crippen molar-refractivity contribution in [2.24, 2.45) is 0 Å². The molecule has 2 aromatic rings. The van der Waals surface area contributed by atoms with Crippen LogP contribution in [0.15, 0.2) is 48.5 Å². The molecule has 22 heavy (non-hydrogen) atoms. The van der Waals surface area contributed by atoms with Gasteiger partial charge in [0.1, 0.15) is 0 Å². The largest absolute Gasteiger partial charge is 0.297 e. The molecule has 0 bridgehead atoms. The van der Waals surface area contributed by atoms with Crippen LogP contribution in [-0.2, 0) is 13.1 Å². The van der Waals surface area contributed by atoms with Crippen LogP contribution in [-0.4, -0.2) is 36.0 Å². The van der Waals surface area contributed by atoms with Crippen LogP contribution in [0.5, 0.6) is 0 Å². The van der Waals surface area contributed by atoms with E-state index in [1.54, 1.807) is 0 Å². The Hall–Kier alpha value is -1.64. The van der Waals surface area contributed by atoms with Crippen molar-refractivity contribution in [2.45, 2.75) is 26.9 Å². The van der Waals surface area contributed by atoms with Crippen LogP contribution in [0.25, 0.3) is 0 Å². The van der Waals surface area contributed by atoms with E-state index in [1.807, 2.05) is 0 Å². The minimum atomic E-state index is 1.08. The molecule has 0 amide bonds. The number of piperazine rings is 1. The van der Waals surface area contributed by atoms with Crippen LogP contribution in [0.2, 0.25) is 0 Å². The first-order chi connectivity index (χ1) is 10.7. The lowest BCUT2D eigenvalue weighted by molar-refractivity contribution is 0.122. The first-order valence-electron chi connectivity index (χ1n) is 8.25. The van der Waals surface area contributed by atoms with E-state index in [1.165, 1.54) is 48.4 Å². The minimum absolute atomic E-state index is 1.08. The van der Waals surface area contributed by atoms with Gasteiger partial charge in [-0.15, -0.1) is 0 Å². The molecule has 3 rings (SSSR count). The third-order valence-electron chi connectivity index (χ3n) is 4.65. The summed E-state index contributed by atoms with van der Waals surface area (Å²) >= 11 is 0. The van der Waals surface area contributed by atoms with Gasteiger partial charge in [0.15, 0.2) is 0 Å². The highest BCUT2D eigenvalue weighted by Crippen LogP contribution is 2.14. The van der Waals surface area contributed by atoms with Gasteiger partial charge in [-0.05, 0) is 30.5 Å². The molecule has 0 aliphatic carbocycles. The fourth-order valence-electron chi connectivity index (χ4n) is 3.09. The highest BCUT2D eigenvalue weighted by molar-refractivity contribution is 5.25. The molecule has 0 aromatic heterocycles. The predicted molar refractivity (Wildman–Crippen MR) is 92.9 cm³/mol. The van der Waals surface area contributed by atoms with Crippen LogP contribution < -0.4 is 0 Å². The average Bonchev–Trinajstić information content (AvgIpc) is 2.54. The maximum Gasteiger partial charge on any atom is 0.0237 e. The molecule has 2 aromatic carbocycles. The Morgan fingerprint density at radius 3 is 1.95 bits per heavy atom. The van der Waals surface area contributed by atoms with Gasteiger partial charge in [0, 0.05) is 39.3 Å². The second-order valence-corrected chi connectivity index (χ2v) is 6.46. The molecular weight excluding hydrogens is 268 g/mol. The van der Waals surface area contributed by atoms with Gasteiger partial charge in [-0.25, -0.2) is 0 Å². The summed E-state index contributed by atoms with van der Waals surface area (Å²) < 4.78 is 0. The van der Waals surface area contributed by atoms with E-state index in [2.05, 4.69) is 72.2 Å². The van der Waals surface area contributed by atoms with E-state index in [-0.39, 0.29) is 0 Å². The predicted octanol–water partition coefficient (Wildman–Crippen LogP) is 3.62. The van der Waals surface area contributed by atoms with Crippen LogP contribution in [0.1, 0.15) is 22.3 Å². The van der Waals surface area contributed by atoms with Gasteiger partial charge in [0.05, 0.1) is 0 Å². The van der Waals surface area contributed by atoms with E-state index in [0.29, 0.717) is 0 Å². The summed E-state index contributed by atoms with van der Waals surface area (Å²) in [6.45, 7) is 11.2. The van der Waals surface area contributed by atoms with Crippen molar-refractivity contribution in [2.75, 3.05) is 26.2 Å². The molecule has 0 spiro atoms. The molecule has 1 fully saturated rings. The maximum atomic E-state index is 2.58. The summed E-state index contributed by atoms with van der Waals surface area (Å²) in [5, 5.41) is 0. The number of benzene rings is 2. The van der Waals surface area contributed by atoms with Crippen molar-refractivity contribution >= 4 is 0 Å². The Morgan fingerprint density at radius 2 is 1.32 bits per heavy atom. The molecule has 0 atom stereocenters. The van der Waals surface area contributed by atoms with Crippen molar-refractivity contribution in [1.82, 2.24) is 9.80 Å². The van der Waals surface area contributed by atoms with Gasteiger partial charge >= 0.3 is 0 Å². The SMILES string of the molecule is Cc1ccc(CN2CCN(Cc3ccccc3C)CC2)cc1. The third kappa shape index (κ3) is 3.96. The lowest BCUT2D eigenvalue weighted by Gasteiger charge is -2.35. The molecule has 1 saturated heterocycles. The van der Waals surface area contributed by atoms with Crippen LogP contribution >= 0.6 is 0 Å². The van der Waals surface area contributed by atoms with Gasteiger partial charge in [0.25, 0.3) is 0 Å². The Bertz CT molecular complexity index is 595. The van der Waals surface area contributed by atoms with E-state index in [0.717, 1.165) is 13.1 Å². The van der Waals surface area contributed by atoms with E-state index in [4.69, 9.17) is 0 Å². The van der Waals surface area contributed by atoms with Crippen LogP contribution in [0, 0.1) is 13.8 Å². The summed E-state index contributed by atoms with van der Waals surface area (Å²) in [7, 11) is 0. The van der Waals surface area contributed by atoms with Gasteiger partial charge in [-0.3, -0.25) is 9.80 Å². The normalized spacial score (nSPS) is 16.8. The fraction of sp³-hybridized carbons (Fsp3) is 0.400. The lowest BCUT2D eigenvalue weighted by Crippen LogP contribution is -2.45. The maximum absolute atomic E-state index is 2.58. The summed E-state index contributed by atoms with van der Waals surface area (Å²) in [5.74, 6) is 0. The number of hydrogen-bond acceptors (Lipinski definition) is 2. The number of aryl methyl sites for hydroxylation is 2. The molecular formula is C20H26N2. The van der Waals surface area contributed by atoms with Gasteiger partial charge in [0.2, 0.25) is 0 Å². The van der Waals surface area contributed by atoms with Crippen molar-refractivity contribution in [3.8, 4) is 0 Å². The zero-order chi connectivity index (χ0) is 15.4. The lowest BCUT2D eigenvalue weighted by atomic mass is 10.1. The summed E-state index contributed by atoms with van der Waals surface area (Å²) in [4.78, 5) is 5.15. The summed E-state index contributed by atoms with van der Waals surface area (Å²) in [5.41, 5.74) is 5.64. The summed E-state index contributed by atoms with van der Waals surface area (Å²) in [6.07, 6.45) is 0. The summed E-state index contributed by atoms with van der Waals surface area (Å²) in [6, 6.07) is 17.7. The molecule has 0 unspecified atom stereocenters. The standard InChI is InChI=1S/C20H26N2/c1-17-7-9-19(10-8-17)15-21-11-13-22(14-12-21)16-20-6-4-3-5-18(20)2/h3-10H,11-16H2,1-2H3. The van der Waals surface area contributed by atoms with Crippen molar-refractivity contribution < 1.29 is 0 Å². The first-order valence-corrected chi connectivity index (χ1v) is 8.25. The van der Waals surface area contributed by atoms with Crippen molar-refractivity contribution in [3.05, 3.63) is 70.8 Å². The Kier molecular flexibility index (Phi) is 4.91. The Morgan fingerprint density at radius 1 is 0.727 bits per heavy atom. The van der Waals surface area contributed by atoms with E-state index >= 15 is 0 Å². The van der Waals surface area contributed by atoms with Crippen LogP contribution in [0.3, 0.4) is 0 Å². The smallest absolute Gasteiger partial charge is 0.0237 e. The topological polar surface area (TPSA) is 6.48 Å². The highest BCUT2D eigenvalue weighted by Gasteiger charge is 2.17. The van der Waals surface area contributed by atoms with Gasteiger partial charge in [-0.1, -0.05) is 54.1 Å². The van der Waals surface area contributed by atoms with Crippen LogP contribution in [0.4, 0.5) is 0 Å². The molecule has 1 heterocycles. The molecule has 0 radical (unpaired) electrons. The molecule has 1 aliphatic rings. The number of rotatable bonds is 4. The molecule has 116 valence electrons. The molecule has 2 heteroatoms. The average molecular weight is 294 g/mol. The molecule has 2 nitrogen and oxygen atoms in total. The zero-order valence-electron chi connectivity index (χ0n) is 13.8.